The maximum atomic E-state index is 9.15. The van der Waals surface area contributed by atoms with Crippen molar-refractivity contribution in [2.24, 2.45) is 5.41 Å². The third kappa shape index (κ3) is 4.44. The molecule has 2 nitrogen and oxygen atoms in total. The molecule has 0 aromatic heterocycles. The van der Waals surface area contributed by atoms with Crippen LogP contribution in [0.25, 0.3) is 0 Å². The Balaban J connectivity index is 3.74. The molecule has 13 heavy (non-hydrogen) atoms. The third-order valence-corrected chi connectivity index (χ3v) is 2.79. The molecule has 0 atom stereocenters. The van der Waals surface area contributed by atoms with Crippen molar-refractivity contribution >= 4 is 0 Å². The molecule has 2 heteroatoms. The van der Waals surface area contributed by atoms with E-state index in [4.69, 9.17) is 10.2 Å². The summed E-state index contributed by atoms with van der Waals surface area (Å²) in [4.78, 5) is 0. The van der Waals surface area contributed by atoms with E-state index in [-0.39, 0.29) is 18.6 Å². The topological polar surface area (TPSA) is 40.5 Å². The van der Waals surface area contributed by atoms with E-state index in [1.54, 1.807) is 0 Å². The van der Waals surface area contributed by atoms with Crippen LogP contribution in [-0.4, -0.2) is 23.4 Å². The van der Waals surface area contributed by atoms with Gasteiger partial charge in [0, 0.05) is 5.41 Å². The van der Waals surface area contributed by atoms with Crippen molar-refractivity contribution < 1.29 is 10.2 Å². The van der Waals surface area contributed by atoms with Gasteiger partial charge in [-0.05, 0) is 25.7 Å². The van der Waals surface area contributed by atoms with Crippen molar-refractivity contribution in [2.75, 3.05) is 13.2 Å². The number of aliphatic hydroxyl groups excluding tert-OH is 2. The SMILES string of the molecule is C=CCCCCC(CC)(CO)CO. The third-order valence-electron chi connectivity index (χ3n) is 2.79. The lowest BCUT2D eigenvalue weighted by Crippen LogP contribution is -2.28. The second-order valence-corrected chi connectivity index (χ2v) is 3.70. The maximum absolute atomic E-state index is 9.15. The number of rotatable bonds is 8. The van der Waals surface area contributed by atoms with Crippen molar-refractivity contribution in [1.82, 2.24) is 0 Å². The summed E-state index contributed by atoms with van der Waals surface area (Å²) in [5.74, 6) is 0. The Labute approximate surface area is 81.3 Å². The van der Waals surface area contributed by atoms with E-state index in [0.29, 0.717) is 0 Å². The van der Waals surface area contributed by atoms with Crippen molar-refractivity contribution in [3.8, 4) is 0 Å². The van der Waals surface area contributed by atoms with Crippen LogP contribution in [0.2, 0.25) is 0 Å². The molecule has 0 aliphatic rings. The number of unbranched alkanes of at least 4 members (excludes halogenated alkanes) is 2. The molecule has 2 N–H and O–H groups in total. The average molecular weight is 186 g/mol. The van der Waals surface area contributed by atoms with E-state index in [9.17, 15) is 0 Å². The Morgan fingerprint density at radius 3 is 2.23 bits per heavy atom. The van der Waals surface area contributed by atoms with Gasteiger partial charge in [0.1, 0.15) is 0 Å². The first-order chi connectivity index (χ1) is 6.24. The first-order valence-corrected chi connectivity index (χ1v) is 5.07. The zero-order valence-corrected chi connectivity index (χ0v) is 8.63. The Bertz CT molecular complexity index is 120. The number of aliphatic hydroxyl groups is 2. The summed E-state index contributed by atoms with van der Waals surface area (Å²) in [5, 5.41) is 18.3. The fourth-order valence-electron chi connectivity index (χ4n) is 1.40. The molecule has 0 heterocycles. The molecule has 0 aromatic rings. The van der Waals surface area contributed by atoms with Crippen LogP contribution >= 0.6 is 0 Å². The van der Waals surface area contributed by atoms with Gasteiger partial charge in [0.25, 0.3) is 0 Å². The molecule has 0 fully saturated rings. The van der Waals surface area contributed by atoms with Gasteiger partial charge < -0.3 is 10.2 Å². The standard InChI is InChI=1S/C11H22O2/c1-3-5-6-7-8-11(4-2,9-12)10-13/h3,12-13H,1,4-10H2,2H3. The van der Waals surface area contributed by atoms with Gasteiger partial charge in [-0.25, -0.2) is 0 Å². The molecule has 0 rings (SSSR count). The lowest BCUT2D eigenvalue weighted by atomic mass is 9.82. The number of hydrogen-bond donors (Lipinski definition) is 2. The van der Waals surface area contributed by atoms with E-state index in [1.807, 2.05) is 13.0 Å². The van der Waals surface area contributed by atoms with Crippen LogP contribution in [0.5, 0.6) is 0 Å². The summed E-state index contributed by atoms with van der Waals surface area (Å²) in [6.45, 7) is 5.85. The summed E-state index contributed by atoms with van der Waals surface area (Å²) in [7, 11) is 0. The van der Waals surface area contributed by atoms with E-state index >= 15 is 0 Å². The van der Waals surface area contributed by atoms with Crippen LogP contribution < -0.4 is 0 Å². The lowest BCUT2D eigenvalue weighted by Gasteiger charge is -2.28. The van der Waals surface area contributed by atoms with Gasteiger partial charge in [-0.1, -0.05) is 19.4 Å². The van der Waals surface area contributed by atoms with Gasteiger partial charge in [0.05, 0.1) is 13.2 Å². The molecule has 0 spiro atoms. The fraction of sp³-hybridized carbons (Fsp3) is 0.818. The zero-order valence-electron chi connectivity index (χ0n) is 8.63. The normalized spacial score (nSPS) is 11.6. The van der Waals surface area contributed by atoms with Crippen molar-refractivity contribution in [3.63, 3.8) is 0 Å². The predicted molar refractivity (Wildman–Crippen MR) is 55.6 cm³/mol. The van der Waals surface area contributed by atoms with Crippen LogP contribution in [0.1, 0.15) is 39.0 Å². The molecule has 0 amide bonds. The molecule has 0 bridgehead atoms. The van der Waals surface area contributed by atoms with Crippen molar-refractivity contribution in [2.45, 2.75) is 39.0 Å². The van der Waals surface area contributed by atoms with E-state index in [1.165, 1.54) is 0 Å². The molecular weight excluding hydrogens is 164 g/mol. The summed E-state index contributed by atoms with van der Waals surface area (Å²) in [5.41, 5.74) is -0.249. The van der Waals surface area contributed by atoms with Crippen LogP contribution in [0.15, 0.2) is 12.7 Å². The molecule has 0 aliphatic heterocycles. The minimum absolute atomic E-state index is 0.0914. The number of allylic oxidation sites excluding steroid dienone is 1. The van der Waals surface area contributed by atoms with E-state index in [0.717, 1.165) is 32.1 Å². The molecule has 78 valence electrons. The molecular formula is C11H22O2. The molecule has 0 saturated carbocycles. The Kier molecular flexibility index (Phi) is 6.92. The van der Waals surface area contributed by atoms with Gasteiger partial charge in [-0.3, -0.25) is 0 Å². The highest BCUT2D eigenvalue weighted by Crippen LogP contribution is 2.27. The average Bonchev–Trinajstić information content (AvgIpc) is 2.20. The summed E-state index contributed by atoms with van der Waals surface area (Å²) < 4.78 is 0. The second kappa shape index (κ2) is 7.10. The van der Waals surface area contributed by atoms with E-state index < -0.39 is 0 Å². The smallest absolute Gasteiger partial charge is 0.0509 e. The van der Waals surface area contributed by atoms with Gasteiger partial charge in [-0.2, -0.15) is 0 Å². The van der Waals surface area contributed by atoms with Gasteiger partial charge in [0.2, 0.25) is 0 Å². The quantitative estimate of drug-likeness (QED) is 0.450. The lowest BCUT2D eigenvalue weighted by molar-refractivity contribution is 0.0418. The second-order valence-electron chi connectivity index (χ2n) is 3.70. The van der Waals surface area contributed by atoms with Crippen LogP contribution in [0, 0.1) is 5.41 Å². The Hall–Kier alpha value is -0.340. The van der Waals surface area contributed by atoms with Crippen molar-refractivity contribution in [3.05, 3.63) is 12.7 Å². The van der Waals surface area contributed by atoms with Crippen LogP contribution in [0.3, 0.4) is 0 Å². The predicted octanol–water partition coefficient (Wildman–Crippen LogP) is 2.11. The summed E-state index contributed by atoms with van der Waals surface area (Å²) in [6, 6.07) is 0. The van der Waals surface area contributed by atoms with Crippen LogP contribution in [0.4, 0.5) is 0 Å². The van der Waals surface area contributed by atoms with Gasteiger partial charge >= 0.3 is 0 Å². The first kappa shape index (κ1) is 12.7. The fourth-order valence-corrected chi connectivity index (χ4v) is 1.40. The summed E-state index contributed by atoms with van der Waals surface area (Å²) >= 11 is 0. The first-order valence-electron chi connectivity index (χ1n) is 5.07. The van der Waals surface area contributed by atoms with E-state index in [2.05, 4.69) is 6.58 Å². The Morgan fingerprint density at radius 1 is 1.23 bits per heavy atom. The zero-order chi connectivity index (χ0) is 10.2. The Morgan fingerprint density at radius 2 is 1.85 bits per heavy atom. The highest BCUT2D eigenvalue weighted by atomic mass is 16.3. The minimum Gasteiger partial charge on any atom is -0.396 e. The van der Waals surface area contributed by atoms with Gasteiger partial charge in [0.15, 0.2) is 0 Å². The molecule has 0 aliphatic carbocycles. The largest absolute Gasteiger partial charge is 0.396 e. The van der Waals surface area contributed by atoms with Crippen molar-refractivity contribution in [1.29, 1.82) is 0 Å². The van der Waals surface area contributed by atoms with Gasteiger partial charge in [-0.15, -0.1) is 6.58 Å². The highest BCUT2D eigenvalue weighted by Gasteiger charge is 2.25. The monoisotopic (exact) mass is 186 g/mol. The molecule has 0 aromatic carbocycles. The minimum atomic E-state index is -0.249. The highest BCUT2D eigenvalue weighted by molar-refractivity contribution is 4.76. The van der Waals surface area contributed by atoms with Crippen LogP contribution in [-0.2, 0) is 0 Å². The molecule has 0 radical (unpaired) electrons. The molecule has 0 saturated heterocycles. The number of hydrogen-bond acceptors (Lipinski definition) is 2. The molecule has 0 unspecified atom stereocenters. The summed E-state index contributed by atoms with van der Waals surface area (Å²) in [6.07, 6.45) is 6.84. The maximum Gasteiger partial charge on any atom is 0.0509 e.